The number of amides is 1. The highest BCUT2D eigenvalue weighted by Crippen LogP contribution is 2.25. The van der Waals surface area contributed by atoms with Crippen molar-refractivity contribution in [1.29, 1.82) is 0 Å². The van der Waals surface area contributed by atoms with Gasteiger partial charge in [0.1, 0.15) is 0 Å². The number of hydrogen-bond donors (Lipinski definition) is 1. The lowest BCUT2D eigenvalue weighted by Gasteiger charge is -2.44. The SMILES string of the molecule is CN(C(=O)c1ccc2nc[nH]c2c1)C1CN(c2ccc(C(C)(C)C)nn2)C1. The predicted octanol–water partition coefficient (Wildman–Crippen LogP) is 2.61. The molecule has 1 amide bonds. The van der Waals surface area contributed by atoms with E-state index in [2.05, 4.69) is 45.8 Å². The number of anilines is 1. The Morgan fingerprint density at radius 3 is 2.63 bits per heavy atom. The second-order valence-corrected chi connectivity index (χ2v) is 8.14. The van der Waals surface area contributed by atoms with Crippen molar-refractivity contribution in [2.24, 2.45) is 0 Å². The van der Waals surface area contributed by atoms with Gasteiger partial charge in [0.25, 0.3) is 5.91 Å². The largest absolute Gasteiger partial charge is 0.351 e. The maximum Gasteiger partial charge on any atom is 0.254 e. The Balaban J connectivity index is 1.40. The fourth-order valence-electron chi connectivity index (χ4n) is 3.22. The summed E-state index contributed by atoms with van der Waals surface area (Å²) in [6.45, 7) is 7.89. The molecule has 0 aliphatic carbocycles. The van der Waals surface area contributed by atoms with E-state index < -0.39 is 0 Å². The van der Waals surface area contributed by atoms with E-state index in [1.54, 1.807) is 6.33 Å². The average molecular weight is 364 g/mol. The first kappa shape index (κ1) is 17.5. The zero-order chi connectivity index (χ0) is 19.2. The van der Waals surface area contributed by atoms with Crippen LogP contribution >= 0.6 is 0 Å². The Bertz CT molecular complexity index is 966. The standard InChI is InChI=1S/C20H24N6O/c1-20(2,3)17-7-8-18(24-23-17)26-10-14(11-26)25(4)19(27)13-5-6-15-16(9-13)22-12-21-15/h5-9,12,14H,10-11H2,1-4H3,(H,21,22). The van der Waals surface area contributed by atoms with Crippen LogP contribution in [0, 0.1) is 0 Å². The summed E-state index contributed by atoms with van der Waals surface area (Å²) in [5.74, 6) is 0.879. The second kappa shape index (κ2) is 6.33. The quantitative estimate of drug-likeness (QED) is 0.773. The van der Waals surface area contributed by atoms with E-state index in [-0.39, 0.29) is 17.4 Å². The van der Waals surface area contributed by atoms with Crippen LogP contribution in [0.2, 0.25) is 0 Å². The van der Waals surface area contributed by atoms with Crippen LogP contribution in [0.15, 0.2) is 36.7 Å². The number of carbonyl (C=O) groups excluding carboxylic acids is 1. The molecule has 0 saturated carbocycles. The average Bonchev–Trinajstić information content (AvgIpc) is 3.07. The number of aromatic nitrogens is 4. The van der Waals surface area contributed by atoms with Gasteiger partial charge in [-0.2, -0.15) is 5.10 Å². The highest BCUT2D eigenvalue weighted by atomic mass is 16.2. The third-order valence-electron chi connectivity index (χ3n) is 5.14. The molecule has 1 saturated heterocycles. The summed E-state index contributed by atoms with van der Waals surface area (Å²) in [6.07, 6.45) is 1.64. The lowest BCUT2D eigenvalue weighted by atomic mass is 9.92. The number of imidazole rings is 1. The number of carbonyl (C=O) groups is 1. The molecule has 1 aliphatic rings. The second-order valence-electron chi connectivity index (χ2n) is 8.14. The van der Waals surface area contributed by atoms with Crippen molar-refractivity contribution in [1.82, 2.24) is 25.1 Å². The zero-order valence-electron chi connectivity index (χ0n) is 16.1. The van der Waals surface area contributed by atoms with E-state index in [1.165, 1.54) is 0 Å². The number of nitrogens with one attached hydrogen (secondary N) is 1. The Morgan fingerprint density at radius 2 is 1.96 bits per heavy atom. The molecule has 3 aromatic rings. The minimum Gasteiger partial charge on any atom is -0.351 e. The van der Waals surface area contributed by atoms with E-state index in [0.29, 0.717) is 5.56 Å². The Kier molecular flexibility index (Phi) is 4.09. The number of benzene rings is 1. The maximum atomic E-state index is 12.8. The molecule has 0 unspecified atom stereocenters. The zero-order valence-corrected chi connectivity index (χ0v) is 16.1. The minimum absolute atomic E-state index is 0.00853. The van der Waals surface area contributed by atoms with Gasteiger partial charge in [0.2, 0.25) is 0 Å². The van der Waals surface area contributed by atoms with Gasteiger partial charge in [-0.1, -0.05) is 20.8 Å². The van der Waals surface area contributed by atoms with Gasteiger partial charge in [-0.15, -0.1) is 5.10 Å². The summed E-state index contributed by atoms with van der Waals surface area (Å²) in [5, 5.41) is 8.70. The number of nitrogens with zero attached hydrogens (tertiary/aromatic N) is 5. The van der Waals surface area contributed by atoms with E-state index in [4.69, 9.17) is 0 Å². The molecule has 140 valence electrons. The van der Waals surface area contributed by atoms with Gasteiger partial charge >= 0.3 is 0 Å². The van der Waals surface area contributed by atoms with Gasteiger partial charge in [0.15, 0.2) is 5.82 Å². The van der Waals surface area contributed by atoms with Gasteiger partial charge in [0, 0.05) is 31.1 Å². The highest BCUT2D eigenvalue weighted by Gasteiger charge is 2.34. The van der Waals surface area contributed by atoms with Crippen molar-refractivity contribution in [3.05, 3.63) is 47.9 Å². The molecular formula is C20H24N6O. The van der Waals surface area contributed by atoms with Gasteiger partial charge in [-0.3, -0.25) is 4.79 Å². The summed E-state index contributed by atoms with van der Waals surface area (Å²) in [5.41, 5.74) is 3.37. The Hall–Kier alpha value is -2.96. The number of H-pyrrole nitrogens is 1. The summed E-state index contributed by atoms with van der Waals surface area (Å²) in [7, 11) is 1.86. The molecule has 1 aliphatic heterocycles. The number of fused-ring (bicyclic) bond motifs is 1. The smallest absolute Gasteiger partial charge is 0.254 e. The van der Waals surface area contributed by atoms with Gasteiger partial charge in [0.05, 0.1) is 29.1 Å². The number of hydrogen-bond acceptors (Lipinski definition) is 5. The number of aromatic amines is 1. The summed E-state index contributed by atoms with van der Waals surface area (Å²) < 4.78 is 0. The van der Waals surface area contributed by atoms with Crippen LogP contribution in [0.3, 0.4) is 0 Å². The predicted molar refractivity (Wildman–Crippen MR) is 105 cm³/mol. The van der Waals surface area contributed by atoms with Crippen molar-refractivity contribution in [3.8, 4) is 0 Å². The molecule has 7 heteroatoms. The molecule has 3 heterocycles. The highest BCUT2D eigenvalue weighted by molar-refractivity contribution is 5.97. The molecule has 27 heavy (non-hydrogen) atoms. The molecule has 0 bridgehead atoms. The first-order chi connectivity index (χ1) is 12.8. The minimum atomic E-state index is -0.00853. The molecule has 7 nitrogen and oxygen atoms in total. The van der Waals surface area contributed by atoms with E-state index in [1.807, 2.05) is 42.3 Å². The third-order valence-corrected chi connectivity index (χ3v) is 5.14. The first-order valence-corrected chi connectivity index (χ1v) is 9.12. The van der Waals surface area contributed by atoms with Crippen molar-refractivity contribution >= 4 is 22.8 Å². The molecular weight excluding hydrogens is 340 g/mol. The van der Waals surface area contributed by atoms with E-state index >= 15 is 0 Å². The monoisotopic (exact) mass is 364 g/mol. The van der Waals surface area contributed by atoms with E-state index in [0.717, 1.165) is 35.6 Å². The molecule has 0 spiro atoms. The van der Waals surface area contributed by atoms with Crippen LogP contribution in [-0.2, 0) is 5.41 Å². The lowest BCUT2D eigenvalue weighted by molar-refractivity contribution is 0.0705. The Morgan fingerprint density at radius 1 is 1.19 bits per heavy atom. The molecule has 0 radical (unpaired) electrons. The summed E-state index contributed by atoms with van der Waals surface area (Å²) in [6, 6.07) is 9.76. The topological polar surface area (TPSA) is 78.0 Å². The van der Waals surface area contributed by atoms with Gasteiger partial charge in [-0.05, 0) is 30.3 Å². The summed E-state index contributed by atoms with van der Waals surface area (Å²) >= 11 is 0. The van der Waals surface area contributed by atoms with Crippen LogP contribution in [0.1, 0.15) is 36.8 Å². The van der Waals surface area contributed by atoms with Crippen LogP contribution in [-0.4, -0.2) is 57.2 Å². The number of rotatable bonds is 3. The lowest BCUT2D eigenvalue weighted by Crippen LogP contribution is -2.60. The van der Waals surface area contributed by atoms with Crippen molar-refractivity contribution in [3.63, 3.8) is 0 Å². The first-order valence-electron chi connectivity index (χ1n) is 9.12. The molecule has 2 aromatic heterocycles. The molecule has 4 rings (SSSR count). The fourth-order valence-corrected chi connectivity index (χ4v) is 3.22. The molecule has 1 aromatic carbocycles. The fraction of sp³-hybridized carbons (Fsp3) is 0.400. The van der Waals surface area contributed by atoms with Crippen molar-refractivity contribution in [2.75, 3.05) is 25.0 Å². The van der Waals surface area contributed by atoms with Crippen LogP contribution in [0.25, 0.3) is 11.0 Å². The maximum absolute atomic E-state index is 12.8. The summed E-state index contributed by atoms with van der Waals surface area (Å²) in [4.78, 5) is 24.0. The van der Waals surface area contributed by atoms with Crippen molar-refractivity contribution in [2.45, 2.75) is 32.2 Å². The van der Waals surface area contributed by atoms with Crippen LogP contribution in [0.4, 0.5) is 5.82 Å². The van der Waals surface area contributed by atoms with Crippen molar-refractivity contribution < 1.29 is 4.79 Å². The van der Waals surface area contributed by atoms with E-state index in [9.17, 15) is 4.79 Å². The van der Waals surface area contributed by atoms with Crippen LogP contribution in [0.5, 0.6) is 0 Å². The molecule has 0 atom stereocenters. The van der Waals surface area contributed by atoms with Crippen LogP contribution < -0.4 is 4.90 Å². The molecule has 1 N–H and O–H groups in total. The molecule has 1 fully saturated rings. The normalized spacial score (nSPS) is 15.0. The third kappa shape index (κ3) is 3.25. The number of likely N-dealkylation sites (N-methyl/N-ethyl adjacent to an activating group) is 1. The Labute approximate surface area is 158 Å². The van der Waals surface area contributed by atoms with Gasteiger partial charge < -0.3 is 14.8 Å². The van der Waals surface area contributed by atoms with Gasteiger partial charge in [-0.25, -0.2) is 4.98 Å².